The highest BCUT2D eigenvalue weighted by Crippen LogP contribution is 2.40. The average Bonchev–Trinajstić information content (AvgIpc) is 3.12. The van der Waals surface area contributed by atoms with Crippen molar-refractivity contribution in [2.24, 2.45) is 4.99 Å². The summed E-state index contributed by atoms with van der Waals surface area (Å²) in [6.45, 7) is 6.50. The van der Waals surface area contributed by atoms with Crippen LogP contribution in [0, 0.1) is 13.8 Å². The number of aliphatic imine (C=N–C) groups is 1. The van der Waals surface area contributed by atoms with E-state index in [4.69, 9.17) is 14.5 Å². The van der Waals surface area contributed by atoms with Crippen LogP contribution >= 0.6 is 27.7 Å². The minimum absolute atomic E-state index is 0.122. The number of ether oxygens (including phenoxy) is 2. The van der Waals surface area contributed by atoms with Crippen LogP contribution in [0.15, 0.2) is 75.0 Å². The van der Waals surface area contributed by atoms with E-state index in [9.17, 15) is 4.79 Å². The second-order valence-electron chi connectivity index (χ2n) is 7.78. The number of benzene rings is 3. The molecule has 0 saturated carbocycles. The van der Waals surface area contributed by atoms with Crippen molar-refractivity contribution in [3.8, 4) is 11.5 Å². The summed E-state index contributed by atoms with van der Waals surface area (Å²) in [5.74, 6) is 1.12. The van der Waals surface area contributed by atoms with E-state index in [1.807, 2.05) is 87.5 Å². The standard InChI is InChI=1S/C27H25BrN2O3S/c1-5-33-25-22(28)14-19(15-23(25)32-4)16-24-26(31)30(21-12-8-18(3)9-13-21)27(34-24)29-20-10-6-17(2)7-11-20/h6-16H,5H2,1-4H3. The Bertz CT molecular complexity index is 1270. The van der Waals surface area contributed by atoms with Crippen LogP contribution in [0.3, 0.4) is 0 Å². The number of thioether (sulfide) groups is 1. The van der Waals surface area contributed by atoms with Gasteiger partial charge in [0.05, 0.1) is 34.5 Å². The van der Waals surface area contributed by atoms with Crippen molar-refractivity contribution >= 4 is 56.2 Å². The van der Waals surface area contributed by atoms with Gasteiger partial charge < -0.3 is 9.47 Å². The Labute approximate surface area is 212 Å². The molecular formula is C27H25BrN2O3S. The van der Waals surface area contributed by atoms with E-state index in [0.717, 1.165) is 32.5 Å². The van der Waals surface area contributed by atoms with Crippen molar-refractivity contribution in [1.29, 1.82) is 0 Å². The zero-order chi connectivity index (χ0) is 24.2. The molecule has 0 aliphatic carbocycles. The summed E-state index contributed by atoms with van der Waals surface area (Å²) in [5, 5.41) is 0.612. The van der Waals surface area contributed by atoms with Crippen LogP contribution in [-0.4, -0.2) is 24.8 Å². The van der Waals surface area contributed by atoms with Gasteiger partial charge in [0, 0.05) is 0 Å². The van der Waals surface area contributed by atoms with Crippen LogP contribution in [0.25, 0.3) is 6.08 Å². The van der Waals surface area contributed by atoms with Gasteiger partial charge in [-0.1, -0.05) is 35.4 Å². The van der Waals surface area contributed by atoms with Gasteiger partial charge in [-0.15, -0.1) is 0 Å². The lowest BCUT2D eigenvalue weighted by Crippen LogP contribution is -2.28. The zero-order valence-electron chi connectivity index (χ0n) is 19.5. The summed E-state index contributed by atoms with van der Waals surface area (Å²) >= 11 is 4.92. The number of aryl methyl sites for hydroxylation is 2. The first-order valence-corrected chi connectivity index (χ1v) is 12.5. The van der Waals surface area contributed by atoms with E-state index in [0.29, 0.717) is 28.2 Å². The largest absolute Gasteiger partial charge is 0.493 e. The fourth-order valence-corrected chi connectivity index (χ4v) is 5.03. The van der Waals surface area contributed by atoms with Crippen molar-refractivity contribution in [2.45, 2.75) is 20.8 Å². The van der Waals surface area contributed by atoms with E-state index < -0.39 is 0 Å². The van der Waals surface area contributed by atoms with Crippen LogP contribution in [0.1, 0.15) is 23.6 Å². The maximum atomic E-state index is 13.5. The molecule has 0 radical (unpaired) electrons. The molecule has 0 spiro atoms. The molecule has 34 heavy (non-hydrogen) atoms. The van der Waals surface area contributed by atoms with Gasteiger partial charge in [-0.05, 0) is 96.5 Å². The van der Waals surface area contributed by atoms with Crippen molar-refractivity contribution < 1.29 is 14.3 Å². The fourth-order valence-electron chi connectivity index (χ4n) is 3.46. The van der Waals surface area contributed by atoms with Crippen LogP contribution < -0.4 is 14.4 Å². The van der Waals surface area contributed by atoms with Gasteiger partial charge in [-0.2, -0.15) is 0 Å². The third-order valence-corrected chi connectivity index (χ3v) is 6.75. The highest BCUT2D eigenvalue weighted by atomic mass is 79.9. The Kier molecular flexibility index (Phi) is 7.44. The van der Waals surface area contributed by atoms with Gasteiger partial charge in [0.15, 0.2) is 16.7 Å². The molecule has 1 aliphatic heterocycles. The third kappa shape index (κ3) is 5.21. The summed E-state index contributed by atoms with van der Waals surface area (Å²) in [6, 6.07) is 19.6. The number of carbonyl (C=O) groups excluding carboxylic acids is 1. The maximum absolute atomic E-state index is 13.5. The number of hydrogen-bond acceptors (Lipinski definition) is 5. The van der Waals surface area contributed by atoms with Crippen molar-refractivity contribution in [2.75, 3.05) is 18.6 Å². The molecule has 174 valence electrons. The SMILES string of the molecule is CCOc1c(Br)cc(C=C2SC(=Nc3ccc(C)cc3)N(c3ccc(C)cc3)C2=O)cc1OC. The minimum atomic E-state index is -0.122. The lowest BCUT2D eigenvalue weighted by atomic mass is 10.1. The van der Waals surface area contributed by atoms with Gasteiger partial charge >= 0.3 is 0 Å². The predicted octanol–water partition coefficient (Wildman–Crippen LogP) is 7.28. The zero-order valence-corrected chi connectivity index (χ0v) is 21.9. The number of anilines is 1. The molecule has 1 heterocycles. The lowest BCUT2D eigenvalue weighted by molar-refractivity contribution is -0.113. The summed E-state index contributed by atoms with van der Waals surface area (Å²) in [6.07, 6.45) is 1.86. The molecule has 7 heteroatoms. The number of amides is 1. The molecule has 1 aliphatic rings. The molecule has 0 N–H and O–H groups in total. The third-order valence-electron chi connectivity index (χ3n) is 5.20. The van der Waals surface area contributed by atoms with Crippen LogP contribution in [0.5, 0.6) is 11.5 Å². The molecular weight excluding hydrogens is 512 g/mol. The summed E-state index contributed by atoms with van der Waals surface area (Å²) in [4.78, 5) is 20.6. The molecule has 3 aromatic carbocycles. The molecule has 1 amide bonds. The smallest absolute Gasteiger partial charge is 0.271 e. The molecule has 0 aromatic heterocycles. The Morgan fingerprint density at radius 1 is 1.03 bits per heavy atom. The first-order valence-electron chi connectivity index (χ1n) is 10.9. The van der Waals surface area contributed by atoms with Crippen molar-refractivity contribution in [3.05, 3.63) is 86.7 Å². The summed E-state index contributed by atoms with van der Waals surface area (Å²) in [7, 11) is 1.60. The van der Waals surface area contributed by atoms with Gasteiger partial charge in [0.1, 0.15) is 0 Å². The van der Waals surface area contributed by atoms with Gasteiger partial charge in [-0.25, -0.2) is 4.99 Å². The van der Waals surface area contributed by atoms with Gasteiger partial charge in [0.25, 0.3) is 5.91 Å². The highest BCUT2D eigenvalue weighted by molar-refractivity contribution is 9.10. The first kappa shape index (κ1) is 24.1. The summed E-state index contributed by atoms with van der Waals surface area (Å²) in [5.41, 5.74) is 4.68. The van der Waals surface area contributed by atoms with E-state index in [1.54, 1.807) is 12.0 Å². The van der Waals surface area contributed by atoms with E-state index in [-0.39, 0.29) is 5.91 Å². The predicted molar refractivity (Wildman–Crippen MR) is 144 cm³/mol. The number of amidine groups is 1. The Morgan fingerprint density at radius 3 is 2.29 bits per heavy atom. The van der Waals surface area contributed by atoms with E-state index >= 15 is 0 Å². The van der Waals surface area contributed by atoms with Crippen LogP contribution in [-0.2, 0) is 4.79 Å². The molecule has 0 unspecified atom stereocenters. The maximum Gasteiger partial charge on any atom is 0.271 e. The Balaban J connectivity index is 1.76. The van der Waals surface area contributed by atoms with E-state index in [1.165, 1.54) is 11.8 Å². The number of halogens is 1. The van der Waals surface area contributed by atoms with Crippen molar-refractivity contribution in [3.63, 3.8) is 0 Å². The molecule has 4 rings (SSSR count). The molecule has 3 aromatic rings. The quantitative estimate of drug-likeness (QED) is 0.310. The van der Waals surface area contributed by atoms with Crippen molar-refractivity contribution in [1.82, 2.24) is 0 Å². The normalized spacial score (nSPS) is 15.9. The number of hydrogen-bond donors (Lipinski definition) is 0. The molecule has 1 saturated heterocycles. The van der Waals surface area contributed by atoms with Crippen LogP contribution in [0.4, 0.5) is 11.4 Å². The topological polar surface area (TPSA) is 51.1 Å². The second-order valence-corrected chi connectivity index (χ2v) is 9.65. The molecule has 0 atom stereocenters. The highest BCUT2D eigenvalue weighted by Gasteiger charge is 2.34. The monoisotopic (exact) mass is 536 g/mol. The Morgan fingerprint density at radius 2 is 1.68 bits per heavy atom. The average molecular weight is 537 g/mol. The lowest BCUT2D eigenvalue weighted by Gasteiger charge is -2.16. The molecule has 5 nitrogen and oxygen atoms in total. The number of methoxy groups -OCH3 is 1. The van der Waals surface area contributed by atoms with E-state index in [2.05, 4.69) is 15.9 Å². The fraction of sp³-hybridized carbons (Fsp3) is 0.185. The second kappa shape index (κ2) is 10.5. The minimum Gasteiger partial charge on any atom is -0.493 e. The Hall–Kier alpha value is -3.03. The number of carbonyl (C=O) groups is 1. The summed E-state index contributed by atoms with van der Waals surface area (Å²) < 4.78 is 12.0. The number of rotatable bonds is 6. The van der Waals surface area contributed by atoms with Gasteiger partial charge in [0.2, 0.25) is 0 Å². The van der Waals surface area contributed by atoms with Crippen LogP contribution in [0.2, 0.25) is 0 Å². The first-order chi connectivity index (χ1) is 16.4. The molecule has 0 bridgehead atoms. The molecule has 1 fully saturated rings. The van der Waals surface area contributed by atoms with Gasteiger partial charge in [-0.3, -0.25) is 9.69 Å². The number of nitrogens with zero attached hydrogens (tertiary/aromatic N) is 2.